The van der Waals surface area contributed by atoms with Crippen molar-refractivity contribution in [2.45, 2.75) is 12.7 Å². The minimum Gasteiger partial charge on any atom is -0.243 e. The third-order valence-electron chi connectivity index (χ3n) is 0.813. The summed E-state index contributed by atoms with van der Waals surface area (Å²) in [4.78, 5) is 0. The van der Waals surface area contributed by atoms with Gasteiger partial charge in [0.25, 0.3) is 0 Å². The Morgan fingerprint density at radius 1 is 1.40 bits per heavy atom. The summed E-state index contributed by atoms with van der Waals surface area (Å²) in [6.45, 7) is -1.08. The molecule has 0 aliphatic heterocycles. The number of alkyl halides is 3. The van der Waals surface area contributed by atoms with E-state index in [1.54, 1.807) is 0 Å². The zero-order chi connectivity index (χ0) is 7.61. The first-order valence-corrected chi connectivity index (χ1v) is 2.49. The van der Waals surface area contributed by atoms with Crippen LogP contribution in [0.2, 0.25) is 0 Å². The van der Waals surface area contributed by atoms with E-state index in [4.69, 9.17) is 0 Å². The standard InChI is InChI=1S/C4H4F3N3/c5-4(6,7)3-10-2-1-8-9-10/h1-2H,3H2. The van der Waals surface area contributed by atoms with Crippen molar-refractivity contribution in [1.29, 1.82) is 0 Å². The van der Waals surface area contributed by atoms with Crippen LogP contribution >= 0.6 is 0 Å². The van der Waals surface area contributed by atoms with Gasteiger partial charge in [0.2, 0.25) is 0 Å². The molecule has 0 spiro atoms. The summed E-state index contributed by atoms with van der Waals surface area (Å²) in [5.41, 5.74) is 0. The first kappa shape index (κ1) is 7.04. The van der Waals surface area contributed by atoms with Gasteiger partial charge in [-0.3, -0.25) is 0 Å². The SMILES string of the molecule is FC(F)(F)Cn1ccnn1. The molecule has 0 radical (unpaired) electrons. The van der Waals surface area contributed by atoms with Crippen LogP contribution in [-0.4, -0.2) is 21.2 Å². The summed E-state index contributed by atoms with van der Waals surface area (Å²) >= 11 is 0. The van der Waals surface area contributed by atoms with E-state index in [1.165, 1.54) is 6.20 Å². The van der Waals surface area contributed by atoms with Crippen molar-refractivity contribution in [3.63, 3.8) is 0 Å². The molecule has 0 aliphatic carbocycles. The summed E-state index contributed by atoms with van der Waals surface area (Å²) in [5.74, 6) is 0. The lowest BCUT2D eigenvalue weighted by molar-refractivity contribution is -0.142. The highest BCUT2D eigenvalue weighted by molar-refractivity contribution is 4.65. The number of halogens is 3. The monoisotopic (exact) mass is 151 g/mol. The van der Waals surface area contributed by atoms with E-state index in [-0.39, 0.29) is 0 Å². The molecule has 1 heterocycles. The fourth-order valence-corrected chi connectivity index (χ4v) is 0.501. The summed E-state index contributed by atoms with van der Waals surface area (Å²) in [6.07, 6.45) is -1.85. The minimum absolute atomic E-state index is 0.722. The molecule has 10 heavy (non-hydrogen) atoms. The molecule has 1 aromatic rings. The van der Waals surface area contributed by atoms with Crippen LogP contribution in [0.1, 0.15) is 0 Å². The molecule has 0 saturated carbocycles. The van der Waals surface area contributed by atoms with E-state index in [2.05, 4.69) is 10.3 Å². The van der Waals surface area contributed by atoms with E-state index in [1.807, 2.05) is 0 Å². The topological polar surface area (TPSA) is 30.7 Å². The Morgan fingerprint density at radius 3 is 2.50 bits per heavy atom. The third-order valence-corrected chi connectivity index (χ3v) is 0.813. The highest BCUT2D eigenvalue weighted by Gasteiger charge is 2.28. The van der Waals surface area contributed by atoms with Gasteiger partial charge in [-0.15, -0.1) is 5.10 Å². The van der Waals surface area contributed by atoms with Crippen molar-refractivity contribution in [2.24, 2.45) is 0 Å². The quantitative estimate of drug-likeness (QED) is 0.595. The largest absolute Gasteiger partial charge is 0.408 e. The second kappa shape index (κ2) is 2.28. The molecular weight excluding hydrogens is 147 g/mol. The van der Waals surface area contributed by atoms with Crippen LogP contribution in [0.25, 0.3) is 0 Å². The van der Waals surface area contributed by atoms with Gasteiger partial charge in [-0.2, -0.15) is 13.2 Å². The van der Waals surface area contributed by atoms with E-state index < -0.39 is 12.7 Å². The van der Waals surface area contributed by atoms with E-state index in [0.29, 0.717) is 0 Å². The first-order valence-electron chi connectivity index (χ1n) is 2.49. The Bertz CT molecular complexity index is 190. The fraction of sp³-hybridized carbons (Fsp3) is 0.500. The highest BCUT2D eigenvalue weighted by atomic mass is 19.4. The molecule has 1 aromatic heterocycles. The van der Waals surface area contributed by atoms with Crippen molar-refractivity contribution in [2.75, 3.05) is 0 Å². The van der Waals surface area contributed by atoms with Gasteiger partial charge in [0.05, 0.1) is 6.20 Å². The van der Waals surface area contributed by atoms with E-state index in [9.17, 15) is 13.2 Å². The van der Waals surface area contributed by atoms with Crippen molar-refractivity contribution in [3.8, 4) is 0 Å². The lowest BCUT2D eigenvalue weighted by Gasteiger charge is -2.03. The Balaban J connectivity index is 2.57. The number of hydrogen-bond donors (Lipinski definition) is 0. The summed E-state index contributed by atoms with van der Waals surface area (Å²) in [6, 6.07) is 0. The molecule has 0 saturated heterocycles. The smallest absolute Gasteiger partial charge is 0.243 e. The molecule has 0 aromatic carbocycles. The molecular formula is C4H4F3N3. The zero-order valence-electron chi connectivity index (χ0n) is 4.84. The highest BCUT2D eigenvalue weighted by Crippen LogP contribution is 2.15. The van der Waals surface area contributed by atoms with E-state index >= 15 is 0 Å². The van der Waals surface area contributed by atoms with Gasteiger partial charge in [0, 0.05) is 6.20 Å². The maximum absolute atomic E-state index is 11.5. The van der Waals surface area contributed by atoms with Gasteiger partial charge >= 0.3 is 6.18 Å². The Kier molecular flexibility index (Phi) is 1.60. The van der Waals surface area contributed by atoms with Crippen LogP contribution in [0.4, 0.5) is 13.2 Å². The predicted molar refractivity (Wildman–Crippen MR) is 26.1 cm³/mol. The van der Waals surface area contributed by atoms with Crippen molar-refractivity contribution < 1.29 is 13.2 Å². The Morgan fingerprint density at radius 2 is 2.10 bits per heavy atom. The van der Waals surface area contributed by atoms with Crippen LogP contribution in [-0.2, 0) is 6.54 Å². The molecule has 3 nitrogen and oxygen atoms in total. The second-order valence-corrected chi connectivity index (χ2v) is 1.72. The number of aromatic nitrogens is 3. The van der Waals surface area contributed by atoms with Crippen LogP contribution < -0.4 is 0 Å². The molecule has 6 heteroatoms. The Labute approximate surface area is 54.5 Å². The van der Waals surface area contributed by atoms with Gasteiger partial charge in [0.15, 0.2) is 0 Å². The molecule has 0 N–H and O–H groups in total. The van der Waals surface area contributed by atoms with Crippen LogP contribution in [0, 0.1) is 0 Å². The van der Waals surface area contributed by atoms with Crippen LogP contribution in [0.3, 0.4) is 0 Å². The molecule has 1 rings (SSSR count). The third kappa shape index (κ3) is 2.04. The average Bonchev–Trinajstić information content (AvgIpc) is 2.12. The number of nitrogens with zero attached hydrogens (tertiary/aromatic N) is 3. The number of hydrogen-bond acceptors (Lipinski definition) is 2. The lowest BCUT2D eigenvalue weighted by Crippen LogP contribution is -2.17. The average molecular weight is 151 g/mol. The van der Waals surface area contributed by atoms with Gasteiger partial charge in [-0.05, 0) is 0 Å². The van der Waals surface area contributed by atoms with Crippen LogP contribution in [0.15, 0.2) is 12.4 Å². The summed E-state index contributed by atoms with van der Waals surface area (Å²) < 4.78 is 35.3. The second-order valence-electron chi connectivity index (χ2n) is 1.72. The number of rotatable bonds is 1. The fourth-order valence-electron chi connectivity index (χ4n) is 0.501. The van der Waals surface area contributed by atoms with Gasteiger partial charge in [0.1, 0.15) is 6.54 Å². The molecule has 0 fully saturated rings. The molecule has 0 amide bonds. The lowest BCUT2D eigenvalue weighted by atomic mass is 10.6. The maximum atomic E-state index is 11.5. The van der Waals surface area contributed by atoms with Crippen molar-refractivity contribution in [1.82, 2.24) is 15.0 Å². The van der Waals surface area contributed by atoms with Gasteiger partial charge < -0.3 is 0 Å². The predicted octanol–water partition coefficient (Wildman–Crippen LogP) is 0.840. The van der Waals surface area contributed by atoms with E-state index in [0.717, 1.165) is 10.9 Å². The van der Waals surface area contributed by atoms with Crippen molar-refractivity contribution in [3.05, 3.63) is 12.4 Å². The zero-order valence-corrected chi connectivity index (χ0v) is 4.84. The maximum Gasteiger partial charge on any atom is 0.408 e. The van der Waals surface area contributed by atoms with Crippen LogP contribution in [0.5, 0.6) is 0 Å². The first-order chi connectivity index (χ1) is 4.58. The molecule has 0 atom stereocenters. The van der Waals surface area contributed by atoms with Gasteiger partial charge in [-0.25, -0.2) is 4.68 Å². The molecule has 0 unspecified atom stereocenters. The Hall–Kier alpha value is -1.07. The minimum atomic E-state index is -4.21. The summed E-state index contributed by atoms with van der Waals surface area (Å²) in [7, 11) is 0. The molecule has 56 valence electrons. The van der Waals surface area contributed by atoms with Crippen molar-refractivity contribution >= 4 is 0 Å². The van der Waals surface area contributed by atoms with Gasteiger partial charge in [-0.1, -0.05) is 5.21 Å². The molecule has 0 bridgehead atoms. The summed E-state index contributed by atoms with van der Waals surface area (Å²) in [5, 5.41) is 6.37. The molecule has 0 aliphatic rings. The normalized spacial score (nSPS) is 11.9.